The number of alkyl halides is 3. The van der Waals surface area contributed by atoms with Gasteiger partial charge in [-0.25, -0.2) is 4.39 Å². The number of pyridine rings is 1. The lowest BCUT2D eigenvalue weighted by molar-refractivity contribution is -0.0499. The van der Waals surface area contributed by atoms with Crippen LogP contribution >= 0.6 is 0 Å². The molecule has 9 heteroatoms. The highest BCUT2D eigenvalue weighted by Gasteiger charge is 2.48. The van der Waals surface area contributed by atoms with E-state index in [9.17, 15) is 26.0 Å². The number of rotatable bonds is 2. The molecule has 21 heavy (non-hydrogen) atoms. The van der Waals surface area contributed by atoms with Gasteiger partial charge in [0.25, 0.3) is 0 Å². The summed E-state index contributed by atoms with van der Waals surface area (Å²) in [5, 5.41) is -0.171. The molecule has 0 aliphatic heterocycles. The number of hydrogen-bond acceptors (Lipinski definition) is 4. The molecule has 2 rings (SSSR count). The third kappa shape index (κ3) is 3.81. The highest BCUT2D eigenvalue weighted by molar-refractivity contribution is 7.88. The standard InChI is InChI=1S/C10H5F4NO3S.C2H6/c11-6-1-2-8-7(5-6)9(3-4-15-8)18-19(16,17)10(12,13)14;1-2/h1-5H;1-2H3. The van der Waals surface area contributed by atoms with E-state index in [1.165, 1.54) is 6.07 Å². The predicted molar refractivity (Wildman–Crippen MR) is 68.7 cm³/mol. The van der Waals surface area contributed by atoms with Gasteiger partial charge in [-0.3, -0.25) is 4.98 Å². The van der Waals surface area contributed by atoms with Crippen LogP contribution in [-0.4, -0.2) is 18.9 Å². The third-order valence-corrected chi connectivity index (χ3v) is 3.11. The van der Waals surface area contributed by atoms with Crippen LogP contribution in [0.25, 0.3) is 10.9 Å². The van der Waals surface area contributed by atoms with Crippen molar-refractivity contribution in [3.63, 3.8) is 0 Å². The van der Waals surface area contributed by atoms with Gasteiger partial charge in [-0.1, -0.05) is 13.8 Å². The minimum atomic E-state index is -5.81. The molecule has 0 aliphatic rings. The van der Waals surface area contributed by atoms with Gasteiger partial charge in [0.2, 0.25) is 0 Å². The van der Waals surface area contributed by atoms with Crippen LogP contribution in [-0.2, 0) is 10.1 Å². The monoisotopic (exact) mass is 325 g/mol. The van der Waals surface area contributed by atoms with Gasteiger partial charge in [0.1, 0.15) is 5.82 Å². The zero-order chi connectivity index (χ0) is 16.3. The van der Waals surface area contributed by atoms with Crippen LogP contribution in [0.4, 0.5) is 17.6 Å². The van der Waals surface area contributed by atoms with Crippen molar-refractivity contribution in [3.8, 4) is 5.75 Å². The Morgan fingerprint density at radius 3 is 2.33 bits per heavy atom. The molecule has 2 aromatic rings. The quantitative estimate of drug-likeness (QED) is 0.481. The number of hydrogen-bond donors (Lipinski definition) is 0. The van der Waals surface area contributed by atoms with Crippen LogP contribution in [0.2, 0.25) is 0 Å². The van der Waals surface area contributed by atoms with E-state index in [2.05, 4.69) is 9.17 Å². The fourth-order valence-electron chi connectivity index (χ4n) is 1.33. The molecule has 0 N–H and O–H groups in total. The van der Waals surface area contributed by atoms with Crippen molar-refractivity contribution in [1.29, 1.82) is 0 Å². The molecule has 4 nitrogen and oxygen atoms in total. The van der Waals surface area contributed by atoms with Crippen LogP contribution in [0.15, 0.2) is 30.5 Å². The molecule has 1 aromatic heterocycles. The largest absolute Gasteiger partial charge is 0.534 e. The Hall–Kier alpha value is -1.90. The zero-order valence-corrected chi connectivity index (χ0v) is 11.8. The lowest BCUT2D eigenvalue weighted by atomic mass is 10.2. The van der Waals surface area contributed by atoms with Gasteiger partial charge in [-0.2, -0.15) is 21.6 Å². The predicted octanol–water partition coefficient (Wildman–Crippen LogP) is 3.63. The maximum absolute atomic E-state index is 13.0. The lowest BCUT2D eigenvalue weighted by Crippen LogP contribution is -2.28. The summed E-state index contributed by atoms with van der Waals surface area (Å²) in [6.45, 7) is 4.00. The fourth-order valence-corrected chi connectivity index (χ4v) is 1.81. The summed E-state index contributed by atoms with van der Waals surface area (Å²) in [6.07, 6.45) is 1.06. The summed E-state index contributed by atoms with van der Waals surface area (Å²) in [4.78, 5) is 3.75. The van der Waals surface area contributed by atoms with E-state index >= 15 is 0 Å². The number of fused-ring (bicyclic) bond motifs is 1. The summed E-state index contributed by atoms with van der Waals surface area (Å²) in [5.41, 5.74) is -5.45. The molecule has 0 amide bonds. The van der Waals surface area contributed by atoms with Crippen LogP contribution in [0.3, 0.4) is 0 Å². The van der Waals surface area contributed by atoms with Crippen molar-refractivity contribution >= 4 is 21.0 Å². The van der Waals surface area contributed by atoms with Gasteiger partial charge in [0.15, 0.2) is 5.75 Å². The van der Waals surface area contributed by atoms with Crippen molar-refractivity contribution in [2.75, 3.05) is 0 Å². The van der Waals surface area contributed by atoms with Crippen LogP contribution in [0, 0.1) is 5.82 Å². The summed E-state index contributed by atoms with van der Waals surface area (Å²) in [6, 6.07) is 3.98. The second-order valence-corrected chi connectivity index (χ2v) is 4.99. The maximum Gasteiger partial charge on any atom is 0.534 e. The fraction of sp³-hybridized carbons (Fsp3) is 0.250. The molecule has 0 saturated heterocycles. The van der Waals surface area contributed by atoms with Crippen molar-refractivity contribution in [3.05, 3.63) is 36.3 Å². The summed E-state index contributed by atoms with van der Waals surface area (Å²) in [7, 11) is -5.81. The van der Waals surface area contributed by atoms with Crippen LogP contribution in [0.1, 0.15) is 13.8 Å². The van der Waals surface area contributed by atoms with E-state index in [1.54, 1.807) is 0 Å². The van der Waals surface area contributed by atoms with Gasteiger partial charge in [-0.15, -0.1) is 0 Å². The molecule has 0 fully saturated rings. The van der Waals surface area contributed by atoms with Gasteiger partial charge >= 0.3 is 15.6 Å². The second-order valence-electron chi connectivity index (χ2n) is 3.45. The van der Waals surface area contributed by atoms with Crippen molar-refractivity contribution in [2.45, 2.75) is 19.4 Å². The first-order chi connectivity index (χ1) is 9.71. The Balaban J connectivity index is 0.00000106. The second kappa shape index (κ2) is 6.25. The van der Waals surface area contributed by atoms with Gasteiger partial charge in [0.05, 0.1) is 5.52 Å². The number of aromatic nitrogens is 1. The summed E-state index contributed by atoms with van der Waals surface area (Å²) < 4.78 is 75.4. The first-order valence-corrected chi connectivity index (χ1v) is 7.16. The van der Waals surface area contributed by atoms with Crippen molar-refractivity contribution in [2.24, 2.45) is 0 Å². The normalized spacial score (nSPS) is 11.7. The molecule has 0 radical (unpaired) electrons. The smallest absolute Gasteiger partial charge is 0.375 e. The first-order valence-electron chi connectivity index (χ1n) is 5.76. The van der Waals surface area contributed by atoms with Crippen LogP contribution in [0.5, 0.6) is 5.75 Å². The first kappa shape index (κ1) is 17.2. The Morgan fingerprint density at radius 1 is 1.14 bits per heavy atom. The van der Waals surface area contributed by atoms with E-state index in [-0.39, 0.29) is 10.9 Å². The molecule has 0 saturated carbocycles. The van der Waals surface area contributed by atoms with E-state index in [4.69, 9.17) is 0 Å². The number of benzene rings is 1. The van der Waals surface area contributed by atoms with Gasteiger partial charge in [-0.05, 0) is 18.2 Å². The molecule has 0 unspecified atom stereocenters. The summed E-state index contributed by atoms with van der Waals surface area (Å²) >= 11 is 0. The molecular formula is C12H11F4NO3S. The lowest BCUT2D eigenvalue weighted by Gasteiger charge is -2.10. The van der Waals surface area contributed by atoms with Crippen molar-refractivity contribution in [1.82, 2.24) is 4.98 Å². The summed E-state index contributed by atoms with van der Waals surface area (Å²) in [5.74, 6) is -1.39. The highest BCUT2D eigenvalue weighted by atomic mass is 32.2. The highest BCUT2D eigenvalue weighted by Crippen LogP contribution is 2.31. The minimum Gasteiger partial charge on any atom is -0.375 e. The topological polar surface area (TPSA) is 56.3 Å². The van der Waals surface area contributed by atoms with E-state index in [0.29, 0.717) is 0 Å². The Bertz CT molecular complexity index is 729. The van der Waals surface area contributed by atoms with Crippen LogP contribution < -0.4 is 4.18 Å². The molecule has 0 bridgehead atoms. The Labute approximate surface area is 118 Å². The SMILES string of the molecule is CC.O=S(=O)(Oc1ccnc2ccc(F)cc12)C(F)(F)F. The molecule has 1 aromatic carbocycles. The molecular weight excluding hydrogens is 314 g/mol. The molecule has 0 aliphatic carbocycles. The Kier molecular flexibility index (Phi) is 5.10. The molecule has 1 heterocycles. The molecule has 0 atom stereocenters. The minimum absolute atomic E-state index is 0.108. The third-order valence-electron chi connectivity index (χ3n) is 2.15. The van der Waals surface area contributed by atoms with E-state index in [1.807, 2.05) is 13.8 Å². The average molecular weight is 325 g/mol. The Morgan fingerprint density at radius 2 is 1.76 bits per heavy atom. The van der Waals surface area contributed by atoms with E-state index in [0.717, 1.165) is 24.4 Å². The average Bonchev–Trinajstić information content (AvgIpc) is 2.40. The molecule has 116 valence electrons. The maximum atomic E-state index is 13.0. The van der Waals surface area contributed by atoms with Gasteiger partial charge in [0, 0.05) is 17.6 Å². The van der Waals surface area contributed by atoms with Crippen molar-refractivity contribution < 1.29 is 30.2 Å². The number of nitrogens with zero attached hydrogens (tertiary/aromatic N) is 1. The van der Waals surface area contributed by atoms with Gasteiger partial charge < -0.3 is 4.18 Å². The van der Waals surface area contributed by atoms with E-state index < -0.39 is 27.2 Å². The number of halogens is 4. The zero-order valence-electron chi connectivity index (χ0n) is 11.0. The molecule has 0 spiro atoms.